The van der Waals surface area contributed by atoms with Crippen molar-refractivity contribution in [2.75, 3.05) is 26.8 Å². The Morgan fingerprint density at radius 3 is 2.92 bits per heavy atom. The molecule has 6 heteroatoms. The van der Waals surface area contributed by atoms with Gasteiger partial charge in [-0.05, 0) is 55.7 Å². The van der Waals surface area contributed by atoms with E-state index in [0.29, 0.717) is 12.5 Å². The summed E-state index contributed by atoms with van der Waals surface area (Å²) in [5.41, 5.74) is 3.32. The van der Waals surface area contributed by atoms with Crippen LogP contribution in [0.3, 0.4) is 0 Å². The third-order valence-corrected chi connectivity index (χ3v) is 7.40. The van der Waals surface area contributed by atoms with Crippen molar-refractivity contribution in [3.05, 3.63) is 49.3 Å². The molecule has 3 aliphatic rings. The Balaban J connectivity index is 1.48. The fraction of sp³-hybridized carbons (Fsp3) is 0.600. The molecule has 26 heavy (non-hydrogen) atoms. The number of nitrogens with one attached hydrogen (secondary N) is 1. The van der Waals surface area contributed by atoms with E-state index >= 15 is 0 Å². The van der Waals surface area contributed by atoms with Gasteiger partial charge in [0.25, 0.3) is 5.56 Å². The molecule has 0 atom stereocenters. The highest BCUT2D eigenvalue weighted by Crippen LogP contribution is 2.54. The molecule has 5 rings (SSSR count). The van der Waals surface area contributed by atoms with Crippen molar-refractivity contribution in [1.29, 1.82) is 0 Å². The van der Waals surface area contributed by atoms with Gasteiger partial charge in [0.2, 0.25) is 0 Å². The van der Waals surface area contributed by atoms with Crippen LogP contribution in [0, 0.1) is 0 Å². The van der Waals surface area contributed by atoms with Gasteiger partial charge in [-0.3, -0.25) is 4.79 Å². The molecular formula is C20H25N3O2S. The van der Waals surface area contributed by atoms with Crippen molar-refractivity contribution in [3.63, 3.8) is 0 Å². The average molecular weight is 372 g/mol. The maximum absolute atomic E-state index is 12.7. The number of hydrogen-bond donors (Lipinski definition) is 1. The molecule has 1 N–H and O–H groups in total. The summed E-state index contributed by atoms with van der Waals surface area (Å²) < 4.78 is 5.50. The van der Waals surface area contributed by atoms with Crippen LogP contribution in [0.5, 0.6) is 0 Å². The molecule has 4 heterocycles. The van der Waals surface area contributed by atoms with Crippen LogP contribution in [0.25, 0.3) is 0 Å². The van der Waals surface area contributed by atoms with Crippen LogP contribution in [-0.2, 0) is 23.1 Å². The van der Waals surface area contributed by atoms with E-state index in [1.54, 1.807) is 0 Å². The highest BCUT2D eigenvalue weighted by Gasteiger charge is 2.50. The second kappa shape index (κ2) is 6.29. The molecule has 138 valence electrons. The first-order valence-corrected chi connectivity index (χ1v) is 10.5. The van der Waals surface area contributed by atoms with Crippen molar-refractivity contribution < 1.29 is 4.74 Å². The van der Waals surface area contributed by atoms with Crippen LogP contribution in [0.15, 0.2) is 16.2 Å². The second-order valence-corrected chi connectivity index (χ2v) is 8.95. The topological polar surface area (TPSA) is 58.2 Å². The maximum Gasteiger partial charge on any atom is 0.255 e. The van der Waals surface area contributed by atoms with Gasteiger partial charge in [-0.25, -0.2) is 4.98 Å². The minimum Gasteiger partial charge on any atom is -0.381 e. The minimum atomic E-state index is -0.0500. The van der Waals surface area contributed by atoms with Gasteiger partial charge in [0.05, 0.1) is 16.7 Å². The van der Waals surface area contributed by atoms with Crippen LogP contribution in [0.1, 0.15) is 59.1 Å². The molecule has 0 bridgehead atoms. The van der Waals surface area contributed by atoms with Gasteiger partial charge in [0.15, 0.2) is 0 Å². The standard InChI is InChI=1S/C20H25N3O2S/c1-23-7-2-16-15(11-23)18(24)22-19(21-16)20(5-6-20)17-10-14(12-26-17)13-3-8-25-9-4-13/h10,12-13H,2-9,11H2,1H3,(H,21,22,24). The number of fused-ring (bicyclic) bond motifs is 1. The summed E-state index contributed by atoms with van der Waals surface area (Å²) in [5, 5.41) is 2.32. The number of rotatable bonds is 3. The smallest absolute Gasteiger partial charge is 0.255 e. The lowest BCUT2D eigenvalue weighted by molar-refractivity contribution is 0.0854. The maximum atomic E-state index is 12.7. The average Bonchev–Trinajstić information content (AvgIpc) is 3.32. The normalized spacial score (nSPS) is 23.0. The Morgan fingerprint density at radius 2 is 2.15 bits per heavy atom. The molecule has 0 aromatic carbocycles. The third kappa shape index (κ3) is 2.75. The first-order chi connectivity index (χ1) is 12.7. The van der Waals surface area contributed by atoms with Gasteiger partial charge < -0.3 is 14.6 Å². The Morgan fingerprint density at radius 1 is 1.35 bits per heavy atom. The molecule has 1 aliphatic carbocycles. The zero-order valence-electron chi connectivity index (χ0n) is 15.2. The van der Waals surface area contributed by atoms with Gasteiger partial charge in [-0.1, -0.05) is 0 Å². The summed E-state index contributed by atoms with van der Waals surface area (Å²) in [6.07, 6.45) is 5.27. The number of aromatic amines is 1. The molecule has 2 fully saturated rings. The molecule has 2 aliphatic heterocycles. The number of nitrogens with zero attached hydrogens (tertiary/aromatic N) is 2. The summed E-state index contributed by atoms with van der Waals surface area (Å²) in [7, 11) is 2.06. The number of thiophene rings is 1. The number of H-pyrrole nitrogens is 1. The van der Waals surface area contributed by atoms with Gasteiger partial charge in [-0.2, -0.15) is 0 Å². The molecule has 0 amide bonds. The first kappa shape index (κ1) is 16.7. The Labute approximate surface area is 157 Å². The van der Waals surface area contributed by atoms with Crippen LogP contribution in [0.4, 0.5) is 0 Å². The molecule has 1 saturated carbocycles. The summed E-state index contributed by atoms with van der Waals surface area (Å²) in [6, 6.07) is 2.38. The fourth-order valence-corrected chi connectivity index (χ4v) is 5.61. The predicted molar refractivity (Wildman–Crippen MR) is 102 cm³/mol. The number of hydrogen-bond acceptors (Lipinski definition) is 5. The van der Waals surface area contributed by atoms with Crippen LogP contribution >= 0.6 is 11.3 Å². The molecule has 0 radical (unpaired) electrons. The monoisotopic (exact) mass is 371 g/mol. The Kier molecular flexibility index (Phi) is 4.03. The van der Waals surface area contributed by atoms with Crippen molar-refractivity contribution in [1.82, 2.24) is 14.9 Å². The quantitative estimate of drug-likeness (QED) is 0.901. The summed E-state index contributed by atoms with van der Waals surface area (Å²) in [6.45, 7) is 3.42. The lowest BCUT2D eigenvalue weighted by Gasteiger charge is -2.24. The van der Waals surface area contributed by atoms with Crippen LogP contribution in [0.2, 0.25) is 0 Å². The van der Waals surface area contributed by atoms with Gasteiger partial charge in [0.1, 0.15) is 5.82 Å². The number of ether oxygens (including phenoxy) is 1. The SMILES string of the molecule is CN1CCc2nc(C3(c4cc(C5CCOCC5)cs4)CC3)[nH]c(=O)c2C1. The molecule has 0 unspecified atom stereocenters. The van der Waals surface area contributed by atoms with E-state index in [9.17, 15) is 4.79 Å². The van der Waals surface area contributed by atoms with E-state index < -0.39 is 0 Å². The largest absolute Gasteiger partial charge is 0.381 e. The van der Waals surface area contributed by atoms with E-state index in [0.717, 1.165) is 68.9 Å². The Bertz CT molecular complexity index is 877. The van der Waals surface area contributed by atoms with Crippen LogP contribution < -0.4 is 5.56 Å². The molecule has 5 nitrogen and oxygen atoms in total. The first-order valence-electron chi connectivity index (χ1n) is 9.63. The van der Waals surface area contributed by atoms with Crippen LogP contribution in [-0.4, -0.2) is 41.7 Å². The highest BCUT2D eigenvalue weighted by molar-refractivity contribution is 7.10. The van der Waals surface area contributed by atoms with E-state index in [4.69, 9.17) is 9.72 Å². The summed E-state index contributed by atoms with van der Waals surface area (Å²) in [4.78, 5) is 24.3. The lowest BCUT2D eigenvalue weighted by Crippen LogP contribution is -2.34. The summed E-state index contributed by atoms with van der Waals surface area (Å²) >= 11 is 1.84. The minimum absolute atomic E-state index is 0.0500. The van der Waals surface area contributed by atoms with Crippen molar-refractivity contribution >= 4 is 11.3 Å². The van der Waals surface area contributed by atoms with E-state index in [2.05, 4.69) is 28.4 Å². The van der Waals surface area contributed by atoms with Gasteiger partial charge >= 0.3 is 0 Å². The molecule has 0 spiro atoms. The van der Waals surface area contributed by atoms with Crippen molar-refractivity contribution in [2.24, 2.45) is 0 Å². The Hall–Kier alpha value is -1.50. The van der Waals surface area contributed by atoms with Gasteiger partial charge in [0, 0.05) is 37.6 Å². The molecular weight excluding hydrogens is 346 g/mol. The fourth-order valence-electron chi connectivity index (χ4n) is 4.36. The summed E-state index contributed by atoms with van der Waals surface area (Å²) in [5.74, 6) is 1.52. The zero-order chi connectivity index (χ0) is 17.7. The van der Waals surface area contributed by atoms with Gasteiger partial charge in [-0.15, -0.1) is 11.3 Å². The zero-order valence-corrected chi connectivity index (χ0v) is 16.0. The van der Waals surface area contributed by atoms with E-state index in [1.165, 1.54) is 10.4 Å². The number of aromatic nitrogens is 2. The van der Waals surface area contributed by atoms with E-state index in [1.807, 2.05) is 11.3 Å². The molecule has 2 aromatic heterocycles. The molecule has 1 saturated heterocycles. The predicted octanol–water partition coefficient (Wildman–Crippen LogP) is 2.79. The van der Waals surface area contributed by atoms with Crippen molar-refractivity contribution in [3.8, 4) is 0 Å². The lowest BCUT2D eigenvalue weighted by atomic mass is 9.92. The van der Waals surface area contributed by atoms with Crippen molar-refractivity contribution in [2.45, 2.75) is 50.0 Å². The second-order valence-electron chi connectivity index (χ2n) is 8.04. The number of likely N-dealkylation sites (N-methyl/N-ethyl adjacent to an activating group) is 1. The van der Waals surface area contributed by atoms with E-state index in [-0.39, 0.29) is 11.0 Å². The molecule has 2 aromatic rings. The highest BCUT2D eigenvalue weighted by atomic mass is 32.1. The third-order valence-electron chi connectivity index (χ3n) is 6.25.